The molecular weight excluding hydrogens is 439 g/mol. The van der Waals surface area contributed by atoms with Gasteiger partial charge >= 0.3 is 0 Å². The predicted octanol–water partition coefficient (Wildman–Crippen LogP) is 5.79. The van der Waals surface area contributed by atoms with Crippen molar-refractivity contribution in [2.24, 2.45) is 0 Å². The molecule has 1 aromatic heterocycles. The lowest BCUT2D eigenvalue weighted by molar-refractivity contribution is 0.0924. The Kier molecular flexibility index (Phi) is 7.28. The van der Waals surface area contributed by atoms with E-state index in [4.69, 9.17) is 67.2 Å². The van der Waals surface area contributed by atoms with Crippen LogP contribution in [-0.2, 0) is 6.61 Å². The second kappa shape index (κ2) is 8.79. The number of hydrogen-bond acceptors (Lipinski definition) is 4. The molecule has 2 aromatic rings. The zero-order valence-electron chi connectivity index (χ0n) is 11.8. The fraction of sp³-hybridized carbons (Fsp3) is 0.214. The van der Waals surface area contributed by atoms with Gasteiger partial charge in [-0.3, -0.25) is 4.79 Å². The van der Waals surface area contributed by atoms with Crippen LogP contribution in [0.2, 0.25) is 25.1 Å². The third-order valence-corrected chi connectivity index (χ3v) is 5.28. The Balaban J connectivity index is 2.12. The van der Waals surface area contributed by atoms with Crippen LogP contribution >= 0.6 is 70.6 Å². The van der Waals surface area contributed by atoms with Crippen LogP contribution in [0.4, 0.5) is 0 Å². The summed E-state index contributed by atoms with van der Waals surface area (Å²) in [4.78, 5) is 11.8. The summed E-state index contributed by atoms with van der Waals surface area (Å²) in [5.74, 6) is 0.802. The van der Waals surface area contributed by atoms with E-state index in [0.717, 1.165) is 0 Å². The molecule has 0 spiro atoms. The first-order valence-corrected chi connectivity index (χ1v) is 9.01. The second-order valence-electron chi connectivity index (χ2n) is 4.43. The molecule has 10 heteroatoms. The van der Waals surface area contributed by atoms with Gasteiger partial charge in [0.1, 0.15) is 22.4 Å². The van der Waals surface area contributed by atoms with E-state index in [1.54, 1.807) is 6.07 Å². The van der Waals surface area contributed by atoms with Crippen LogP contribution in [0.1, 0.15) is 16.3 Å². The molecule has 0 aliphatic rings. The number of carbonyl (C=O) groups excluding carboxylic acids is 1. The standard InChI is InChI=1S/C14H10Cl5NO3S/c15-8-9(16)11(18)13(12(19)10(8)17)22-5-6-1-2-7(23-6)14(21)20-3-4-24/h1-2,24H,3-5H2,(H,20,21). The van der Waals surface area contributed by atoms with Crippen molar-refractivity contribution in [2.45, 2.75) is 6.61 Å². The Bertz CT molecular complexity index is 736. The van der Waals surface area contributed by atoms with Crippen LogP contribution in [0.15, 0.2) is 16.5 Å². The average Bonchev–Trinajstić information content (AvgIpc) is 3.05. The van der Waals surface area contributed by atoms with Crippen LogP contribution in [0.3, 0.4) is 0 Å². The first-order valence-electron chi connectivity index (χ1n) is 6.48. The molecule has 1 aromatic carbocycles. The second-order valence-corrected chi connectivity index (χ2v) is 6.77. The lowest BCUT2D eigenvalue weighted by atomic mass is 10.3. The number of rotatable bonds is 6. The number of furan rings is 1. The summed E-state index contributed by atoms with van der Waals surface area (Å²) in [6, 6.07) is 3.12. The molecule has 0 fully saturated rings. The van der Waals surface area contributed by atoms with Crippen LogP contribution in [0, 0.1) is 0 Å². The van der Waals surface area contributed by atoms with Gasteiger partial charge in [-0.05, 0) is 12.1 Å². The number of carbonyl (C=O) groups is 1. The van der Waals surface area contributed by atoms with Crippen molar-refractivity contribution < 1.29 is 13.9 Å². The zero-order valence-corrected chi connectivity index (χ0v) is 16.5. The van der Waals surface area contributed by atoms with E-state index in [-0.39, 0.29) is 49.1 Å². The molecule has 0 unspecified atom stereocenters. The Morgan fingerprint density at radius 1 is 1.04 bits per heavy atom. The van der Waals surface area contributed by atoms with Gasteiger partial charge in [0.2, 0.25) is 0 Å². The normalized spacial score (nSPS) is 10.8. The highest BCUT2D eigenvalue weighted by Gasteiger charge is 2.21. The van der Waals surface area contributed by atoms with Crippen LogP contribution in [-0.4, -0.2) is 18.2 Å². The molecule has 0 atom stereocenters. The molecule has 24 heavy (non-hydrogen) atoms. The fourth-order valence-electron chi connectivity index (χ4n) is 1.69. The van der Waals surface area contributed by atoms with Crippen LogP contribution in [0.5, 0.6) is 5.75 Å². The minimum absolute atomic E-state index is 0.0341. The smallest absolute Gasteiger partial charge is 0.287 e. The third kappa shape index (κ3) is 4.40. The van der Waals surface area contributed by atoms with Gasteiger partial charge in [-0.2, -0.15) is 12.6 Å². The van der Waals surface area contributed by atoms with Gasteiger partial charge in [-0.15, -0.1) is 0 Å². The van der Waals surface area contributed by atoms with E-state index in [1.165, 1.54) is 6.07 Å². The maximum atomic E-state index is 11.8. The lowest BCUT2D eigenvalue weighted by Gasteiger charge is -2.12. The molecule has 2 rings (SSSR count). The summed E-state index contributed by atoms with van der Waals surface area (Å²) in [6.45, 7) is 0.398. The molecule has 1 amide bonds. The van der Waals surface area contributed by atoms with E-state index in [9.17, 15) is 4.79 Å². The van der Waals surface area contributed by atoms with E-state index in [0.29, 0.717) is 18.1 Å². The number of amides is 1. The zero-order chi connectivity index (χ0) is 17.9. The van der Waals surface area contributed by atoms with E-state index < -0.39 is 0 Å². The molecular formula is C14H10Cl5NO3S. The molecule has 0 aliphatic carbocycles. The van der Waals surface area contributed by atoms with Gasteiger partial charge in [0, 0.05) is 12.3 Å². The van der Waals surface area contributed by atoms with Gasteiger partial charge in [-0.25, -0.2) is 0 Å². The summed E-state index contributed by atoms with van der Waals surface area (Å²) in [5, 5.41) is 2.82. The number of hydrogen-bond donors (Lipinski definition) is 2. The summed E-state index contributed by atoms with van der Waals surface area (Å²) in [6.07, 6.45) is 0. The summed E-state index contributed by atoms with van der Waals surface area (Å²) in [5.41, 5.74) is 0. The molecule has 4 nitrogen and oxygen atoms in total. The molecule has 130 valence electrons. The molecule has 0 saturated heterocycles. The lowest BCUT2D eigenvalue weighted by Crippen LogP contribution is -2.24. The SMILES string of the molecule is O=C(NCCS)c1ccc(COc2c(Cl)c(Cl)c(Cl)c(Cl)c2Cl)o1. The number of benzene rings is 1. The number of nitrogens with one attached hydrogen (secondary N) is 1. The molecule has 1 N–H and O–H groups in total. The van der Waals surface area contributed by atoms with Gasteiger partial charge in [0.05, 0.1) is 15.1 Å². The van der Waals surface area contributed by atoms with Gasteiger partial charge in [-0.1, -0.05) is 58.0 Å². The van der Waals surface area contributed by atoms with Crippen molar-refractivity contribution in [1.29, 1.82) is 0 Å². The first kappa shape index (κ1) is 19.9. The highest BCUT2D eigenvalue weighted by Crippen LogP contribution is 2.48. The summed E-state index contributed by atoms with van der Waals surface area (Å²) in [7, 11) is 0. The molecule has 0 aliphatic heterocycles. The minimum Gasteiger partial charge on any atom is -0.482 e. The first-order chi connectivity index (χ1) is 11.4. The monoisotopic (exact) mass is 447 g/mol. The number of ether oxygens (including phenoxy) is 1. The maximum Gasteiger partial charge on any atom is 0.287 e. The van der Waals surface area contributed by atoms with Gasteiger partial charge < -0.3 is 14.5 Å². The van der Waals surface area contributed by atoms with Crippen molar-refractivity contribution >= 4 is 76.5 Å². The molecule has 0 radical (unpaired) electrons. The fourth-order valence-corrected chi connectivity index (χ4v) is 3.03. The van der Waals surface area contributed by atoms with E-state index in [2.05, 4.69) is 17.9 Å². The highest BCUT2D eigenvalue weighted by atomic mass is 35.5. The summed E-state index contributed by atoms with van der Waals surface area (Å²) >= 11 is 34.0. The van der Waals surface area contributed by atoms with Crippen LogP contribution < -0.4 is 10.1 Å². The average molecular weight is 450 g/mol. The van der Waals surface area contributed by atoms with Crippen molar-refractivity contribution in [3.63, 3.8) is 0 Å². The molecule has 1 heterocycles. The quantitative estimate of drug-likeness (QED) is 0.334. The van der Waals surface area contributed by atoms with Crippen LogP contribution in [0.25, 0.3) is 0 Å². The summed E-state index contributed by atoms with van der Waals surface area (Å²) < 4.78 is 10.9. The van der Waals surface area contributed by atoms with Crippen molar-refractivity contribution in [3.05, 3.63) is 48.8 Å². The predicted molar refractivity (Wildman–Crippen MR) is 101 cm³/mol. The van der Waals surface area contributed by atoms with E-state index >= 15 is 0 Å². The van der Waals surface area contributed by atoms with Gasteiger partial charge in [0.25, 0.3) is 5.91 Å². The third-order valence-electron chi connectivity index (χ3n) is 2.81. The van der Waals surface area contributed by atoms with Crippen molar-refractivity contribution in [2.75, 3.05) is 12.3 Å². The highest BCUT2D eigenvalue weighted by molar-refractivity contribution is 7.80. The number of halogens is 5. The minimum atomic E-state index is -0.344. The Hall–Kier alpha value is -0.430. The Labute approximate surface area is 168 Å². The number of thiol groups is 1. The molecule has 0 saturated carbocycles. The maximum absolute atomic E-state index is 11.8. The van der Waals surface area contributed by atoms with Gasteiger partial charge in [0.15, 0.2) is 11.5 Å². The molecule has 0 bridgehead atoms. The largest absolute Gasteiger partial charge is 0.482 e. The van der Waals surface area contributed by atoms with Crippen molar-refractivity contribution in [3.8, 4) is 5.75 Å². The van der Waals surface area contributed by atoms with E-state index in [1.807, 2.05) is 0 Å². The Morgan fingerprint density at radius 2 is 1.62 bits per heavy atom. The topological polar surface area (TPSA) is 51.5 Å². The Morgan fingerprint density at radius 3 is 2.21 bits per heavy atom. The van der Waals surface area contributed by atoms with Crippen molar-refractivity contribution in [1.82, 2.24) is 5.32 Å².